The van der Waals surface area contributed by atoms with Gasteiger partial charge in [-0.15, -0.1) is 0 Å². The molecule has 0 unspecified atom stereocenters. The van der Waals surface area contributed by atoms with Gasteiger partial charge in [-0.2, -0.15) is 0 Å². The number of nitrogens with two attached hydrogens (primary N) is 1. The van der Waals surface area contributed by atoms with Gasteiger partial charge in [0.25, 0.3) is 0 Å². The molecule has 0 aliphatic carbocycles. The zero-order valence-electron chi connectivity index (χ0n) is 9.13. The molecule has 2 N–H and O–H groups in total. The average molecular weight is 188 g/mol. The summed E-state index contributed by atoms with van der Waals surface area (Å²) in [7, 11) is 3.73. The van der Waals surface area contributed by atoms with E-state index < -0.39 is 11.6 Å². The minimum absolute atomic E-state index is 0.346. The molecule has 4 nitrogen and oxygen atoms in total. The van der Waals surface area contributed by atoms with Crippen molar-refractivity contribution in [2.24, 2.45) is 5.73 Å². The molecule has 0 bridgehead atoms. The van der Waals surface area contributed by atoms with E-state index in [0.29, 0.717) is 6.54 Å². The van der Waals surface area contributed by atoms with E-state index in [9.17, 15) is 4.79 Å². The van der Waals surface area contributed by atoms with Crippen LogP contribution < -0.4 is 5.73 Å². The van der Waals surface area contributed by atoms with Crippen molar-refractivity contribution in [1.82, 2.24) is 4.90 Å². The molecule has 0 aromatic carbocycles. The Morgan fingerprint density at radius 2 is 1.92 bits per heavy atom. The van der Waals surface area contributed by atoms with Crippen LogP contribution >= 0.6 is 0 Å². The Morgan fingerprint density at radius 3 is 2.23 bits per heavy atom. The zero-order valence-corrected chi connectivity index (χ0v) is 9.13. The number of nitrogens with zero attached hydrogens (tertiary/aromatic N) is 1. The van der Waals surface area contributed by atoms with Gasteiger partial charge in [-0.05, 0) is 34.9 Å². The number of hydrogen-bond acceptors (Lipinski definition) is 4. The van der Waals surface area contributed by atoms with Gasteiger partial charge < -0.3 is 15.4 Å². The average Bonchev–Trinajstić information content (AvgIpc) is 1.81. The number of rotatable bonds is 3. The Bertz CT molecular complexity index is 173. The molecule has 0 heterocycles. The van der Waals surface area contributed by atoms with Crippen molar-refractivity contribution in [2.75, 3.05) is 20.6 Å². The Balaban J connectivity index is 3.97. The Kier molecular flexibility index (Phi) is 4.36. The lowest BCUT2D eigenvalue weighted by Gasteiger charge is -2.23. The summed E-state index contributed by atoms with van der Waals surface area (Å²) >= 11 is 0. The standard InChI is InChI=1S/C9H20N2O2/c1-9(2,3)13-8(12)7(10)6-11(4)5/h7H,6,10H2,1-5H3/t7-/m0/s1. The summed E-state index contributed by atoms with van der Waals surface area (Å²) in [5.74, 6) is -0.346. The highest BCUT2D eigenvalue weighted by Crippen LogP contribution is 2.07. The zero-order chi connectivity index (χ0) is 10.6. The van der Waals surface area contributed by atoms with Gasteiger partial charge >= 0.3 is 5.97 Å². The molecule has 0 amide bonds. The molecular weight excluding hydrogens is 168 g/mol. The summed E-state index contributed by atoms with van der Waals surface area (Å²) in [6, 6.07) is -0.561. The van der Waals surface area contributed by atoms with Gasteiger partial charge in [-0.3, -0.25) is 4.79 Å². The van der Waals surface area contributed by atoms with E-state index in [-0.39, 0.29) is 5.97 Å². The number of carbonyl (C=O) groups excluding carboxylic acids is 1. The van der Waals surface area contributed by atoms with E-state index in [4.69, 9.17) is 10.5 Å². The first kappa shape index (κ1) is 12.4. The first-order chi connectivity index (χ1) is 5.72. The van der Waals surface area contributed by atoms with Gasteiger partial charge in [0.15, 0.2) is 0 Å². The highest BCUT2D eigenvalue weighted by atomic mass is 16.6. The predicted molar refractivity (Wildman–Crippen MR) is 52.4 cm³/mol. The monoisotopic (exact) mass is 188 g/mol. The molecule has 13 heavy (non-hydrogen) atoms. The van der Waals surface area contributed by atoms with Crippen LogP contribution in [0.25, 0.3) is 0 Å². The summed E-state index contributed by atoms with van der Waals surface area (Å²) in [5, 5.41) is 0. The molecule has 0 fully saturated rings. The Hall–Kier alpha value is -0.610. The van der Waals surface area contributed by atoms with Gasteiger partial charge in [0.05, 0.1) is 0 Å². The van der Waals surface area contributed by atoms with Crippen LogP contribution in [-0.2, 0) is 9.53 Å². The minimum atomic E-state index is -0.561. The SMILES string of the molecule is CN(C)C[C@H](N)C(=O)OC(C)(C)C. The third-order valence-electron chi connectivity index (χ3n) is 1.27. The maximum absolute atomic E-state index is 11.3. The third-order valence-corrected chi connectivity index (χ3v) is 1.27. The summed E-state index contributed by atoms with van der Waals surface area (Å²) in [6.07, 6.45) is 0. The lowest BCUT2D eigenvalue weighted by atomic mass is 10.2. The van der Waals surface area contributed by atoms with Crippen molar-refractivity contribution in [3.05, 3.63) is 0 Å². The number of likely N-dealkylation sites (N-methyl/N-ethyl adjacent to an activating group) is 1. The lowest BCUT2D eigenvalue weighted by molar-refractivity contribution is -0.156. The highest BCUT2D eigenvalue weighted by molar-refractivity contribution is 5.76. The topological polar surface area (TPSA) is 55.6 Å². The molecule has 0 saturated carbocycles. The van der Waals surface area contributed by atoms with Gasteiger partial charge in [0.2, 0.25) is 0 Å². The molecule has 0 spiro atoms. The van der Waals surface area contributed by atoms with Crippen LogP contribution in [0.2, 0.25) is 0 Å². The quantitative estimate of drug-likeness (QED) is 0.644. The van der Waals surface area contributed by atoms with E-state index in [1.165, 1.54) is 0 Å². The smallest absolute Gasteiger partial charge is 0.324 e. The van der Waals surface area contributed by atoms with E-state index in [1.807, 2.05) is 39.8 Å². The Labute approximate surface area is 80.0 Å². The first-order valence-electron chi connectivity index (χ1n) is 4.35. The number of hydrogen-bond donors (Lipinski definition) is 1. The molecule has 0 radical (unpaired) electrons. The van der Waals surface area contributed by atoms with E-state index in [1.54, 1.807) is 0 Å². The van der Waals surface area contributed by atoms with E-state index in [0.717, 1.165) is 0 Å². The second-order valence-corrected chi connectivity index (χ2v) is 4.40. The molecule has 78 valence electrons. The van der Waals surface area contributed by atoms with Crippen LogP contribution in [0.1, 0.15) is 20.8 Å². The minimum Gasteiger partial charge on any atom is -0.459 e. The van der Waals surface area contributed by atoms with Crippen molar-refractivity contribution in [2.45, 2.75) is 32.4 Å². The van der Waals surface area contributed by atoms with Crippen LogP contribution in [-0.4, -0.2) is 43.2 Å². The molecule has 0 rings (SSSR count). The summed E-state index contributed by atoms with van der Waals surface area (Å²) < 4.78 is 5.11. The van der Waals surface area contributed by atoms with Gasteiger partial charge in [-0.25, -0.2) is 0 Å². The fourth-order valence-electron chi connectivity index (χ4n) is 0.845. The molecular formula is C9H20N2O2. The molecule has 1 atom stereocenters. The Morgan fingerprint density at radius 1 is 1.46 bits per heavy atom. The molecule has 0 aromatic rings. The predicted octanol–water partition coefficient (Wildman–Crippen LogP) is 0.217. The van der Waals surface area contributed by atoms with E-state index in [2.05, 4.69) is 0 Å². The van der Waals surface area contributed by atoms with Crippen LogP contribution in [0.5, 0.6) is 0 Å². The van der Waals surface area contributed by atoms with Gasteiger partial charge in [0, 0.05) is 6.54 Å². The second kappa shape index (κ2) is 4.58. The number of esters is 1. The van der Waals surface area contributed by atoms with Crippen molar-refractivity contribution < 1.29 is 9.53 Å². The molecule has 0 aliphatic heterocycles. The van der Waals surface area contributed by atoms with Crippen LogP contribution in [0.3, 0.4) is 0 Å². The summed E-state index contributed by atoms with van der Waals surface area (Å²) in [5.41, 5.74) is 5.15. The number of ether oxygens (including phenoxy) is 1. The van der Waals surface area contributed by atoms with Crippen LogP contribution in [0.4, 0.5) is 0 Å². The van der Waals surface area contributed by atoms with Crippen LogP contribution in [0.15, 0.2) is 0 Å². The fourth-order valence-corrected chi connectivity index (χ4v) is 0.845. The normalized spacial score (nSPS) is 14.4. The maximum Gasteiger partial charge on any atom is 0.324 e. The maximum atomic E-state index is 11.3. The highest BCUT2D eigenvalue weighted by Gasteiger charge is 2.22. The van der Waals surface area contributed by atoms with Crippen molar-refractivity contribution in [3.8, 4) is 0 Å². The lowest BCUT2D eigenvalue weighted by Crippen LogP contribution is -2.43. The van der Waals surface area contributed by atoms with Crippen molar-refractivity contribution in [3.63, 3.8) is 0 Å². The third kappa shape index (κ3) is 6.54. The van der Waals surface area contributed by atoms with Crippen molar-refractivity contribution >= 4 is 5.97 Å². The first-order valence-corrected chi connectivity index (χ1v) is 4.35. The number of carbonyl (C=O) groups is 1. The van der Waals surface area contributed by atoms with E-state index >= 15 is 0 Å². The summed E-state index contributed by atoms with van der Waals surface area (Å²) in [4.78, 5) is 13.2. The molecule has 0 aromatic heterocycles. The second-order valence-electron chi connectivity index (χ2n) is 4.40. The fraction of sp³-hybridized carbons (Fsp3) is 0.889. The molecule has 0 aliphatic rings. The van der Waals surface area contributed by atoms with Crippen molar-refractivity contribution in [1.29, 1.82) is 0 Å². The molecule has 4 heteroatoms. The van der Waals surface area contributed by atoms with Gasteiger partial charge in [-0.1, -0.05) is 0 Å². The molecule has 0 saturated heterocycles. The largest absolute Gasteiger partial charge is 0.459 e. The summed E-state index contributed by atoms with van der Waals surface area (Å²) in [6.45, 7) is 5.99. The van der Waals surface area contributed by atoms with Crippen LogP contribution in [0, 0.1) is 0 Å². The van der Waals surface area contributed by atoms with Gasteiger partial charge in [0.1, 0.15) is 11.6 Å².